The van der Waals surface area contributed by atoms with Gasteiger partial charge >= 0.3 is 0 Å². The first kappa shape index (κ1) is 16.6. The van der Waals surface area contributed by atoms with Crippen LogP contribution in [0.25, 0.3) is 0 Å². The fourth-order valence-corrected chi connectivity index (χ4v) is 3.70. The van der Waals surface area contributed by atoms with Gasteiger partial charge in [0, 0.05) is 31.7 Å². The zero-order valence-corrected chi connectivity index (χ0v) is 14.1. The molecule has 0 aromatic heterocycles. The number of hydrogen-bond acceptors (Lipinski definition) is 3. The summed E-state index contributed by atoms with van der Waals surface area (Å²) in [6, 6.07) is 6.94. The molecule has 1 aliphatic rings. The maximum atomic E-state index is 12.0. The molecule has 4 nitrogen and oxygen atoms in total. The van der Waals surface area contributed by atoms with E-state index < -0.39 is 10.0 Å². The molecule has 0 amide bonds. The van der Waals surface area contributed by atoms with Gasteiger partial charge in [-0.15, -0.1) is 11.6 Å². The van der Waals surface area contributed by atoms with Crippen LogP contribution in [0, 0.1) is 5.92 Å². The molecule has 0 atom stereocenters. The molecule has 0 radical (unpaired) electrons. The molecule has 2 rings (SSSR count). The average molecular weight is 331 g/mol. The predicted molar refractivity (Wildman–Crippen MR) is 87.4 cm³/mol. The van der Waals surface area contributed by atoms with Gasteiger partial charge in [-0.2, -0.15) is 0 Å². The Morgan fingerprint density at radius 3 is 2.24 bits per heavy atom. The van der Waals surface area contributed by atoms with Crippen molar-refractivity contribution >= 4 is 27.3 Å². The van der Waals surface area contributed by atoms with Crippen LogP contribution in [-0.2, 0) is 10.0 Å². The van der Waals surface area contributed by atoms with Crippen LogP contribution in [-0.4, -0.2) is 38.7 Å². The fraction of sp³-hybridized carbons (Fsp3) is 0.600. The van der Waals surface area contributed by atoms with Crippen LogP contribution in [0.5, 0.6) is 0 Å². The van der Waals surface area contributed by atoms with Crippen molar-refractivity contribution in [2.45, 2.75) is 36.0 Å². The Labute approximate surface area is 132 Å². The summed E-state index contributed by atoms with van der Waals surface area (Å²) in [6.45, 7) is 0.920. The molecule has 21 heavy (non-hydrogen) atoms. The van der Waals surface area contributed by atoms with Gasteiger partial charge in [0.25, 0.3) is 0 Å². The van der Waals surface area contributed by atoms with E-state index in [9.17, 15) is 8.42 Å². The second-order valence-electron chi connectivity index (χ2n) is 5.81. The number of benzene rings is 1. The van der Waals surface area contributed by atoms with Gasteiger partial charge < -0.3 is 5.32 Å². The molecule has 118 valence electrons. The highest BCUT2D eigenvalue weighted by Gasteiger charge is 2.19. The van der Waals surface area contributed by atoms with Gasteiger partial charge in [0.15, 0.2) is 0 Å². The van der Waals surface area contributed by atoms with Gasteiger partial charge in [-0.25, -0.2) is 12.7 Å². The van der Waals surface area contributed by atoms with Gasteiger partial charge in [-0.3, -0.25) is 0 Å². The van der Waals surface area contributed by atoms with Gasteiger partial charge in [-0.05, 0) is 55.9 Å². The maximum Gasteiger partial charge on any atom is 0.242 e. The van der Waals surface area contributed by atoms with Crippen molar-refractivity contribution < 1.29 is 8.42 Å². The lowest BCUT2D eigenvalue weighted by Gasteiger charge is -2.25. The lowest BCUT2D eigenvalue weighted by atomic mass is 9.89. The number of halogens is 1. The number of alkyl halides is 1. The zero-order valence-electron chi connectivity index (χ0n) is 12.5. The minimum atomic E-state index is -3.34. The Morgan fingerprint density at radius 1 is 1.14 bits per heavy atom. The minimum Gasteiger partial charge on any atom is -0.385 e. The Kier molecular flexibility index (Phi) is 5.52. The summed E-state index contributed by atoms with van der Waals surface area (Å²) >= 11 is 6.10. The van der Waals surface area contributed by atoms with E-state index in [-0.39, 0.29) is 0 Å². The Bertz CT molecular complexity index is 550. The van der Waals surface area contributed by atoms with E-state index >= 15 is 0 Å². The lowest BCUT2D eigenvalue weighted by molar-refractivity contribution is 0.378. The van der Waals surface area contributed by atoms with Crippen molar-refractivity contribution in [2.75, 3.05) is 26.0 Å². The maximum absolute atomic E-state index is 12.0. The molecule has 1 aliphatic carbocycles. The molecule has 0 saturated heterocycles. The number of rotatable bonds is 5. The summed E-state index contributed by atoms with van der Waals surface area (Å²) in [5, 5.41) is 3.73. The van der Waals surface area contributed by atoms with Gasteiger partial charge in [0.1, 0.15) is 0 Å². The van der Waals surface area contributed by atoms with E-state index in [1.807, 2.05) is 12.1 Å². The summed E-state index contributed by atoms with van der Waals surface area (Å²) in [5.74, 6) is 0.658. The van der Waals surface area contributed by atoms with E-state index in [2.05, 4.69) is 5.32 Å². The van der Waals surface area contributed by atoms with Crippen LogP contribution in [0.15, 0.2) is 29.2 Å². The van der Waals surface area contributed by atoms with Crippen LogP contribution in [0.4, 0.5) is 5.69 Å². The van der Waals surface area contributed by atoms with Gasteiger partial charge in [0.05, 0.1) is 4.90 Å². The van der Waals surface area contributed by atoms with Crippen LogP contribution < -0.4 is 5.32 Å². The summed E-state index contributed by atoms with van der Waals surface area (Å²) in [5.41, 5.74) is 0.959. The van der Waals surface area contributed by atoms with E-state index in [0.29, 0.717) is 16.2 Å². The van der Waals surface area contributed by atoms with E-state index in [1.165, 1.54) is 18.4 Å². The highest BCUT2D eigenvalue weighted by Crippen LogP contribution is 2.28. The summed E-state index contributed by atoms with van der Waals surface area (Å²) < 4.78 is 25.2. The largest absolute Gasteiger partial charge is 0.385 e. The molecule has 0 aliphatic heterocycles. The molecule has 6 heteroatoms. The first-order valence-electron chi connectivity index (χ1n) is 7.30. The van der Waals surface area contributed by atoms with Crippen LogP contribution in [0.2, 0.25) is 0 Å². The van der Waals surface area contributed by atoms with Crippen molar-refractivity contribution in [3.05, 3.63) is 24.3 Å². The SMILES string of the molecule is CN(C)S(=O)(=O)c1ccc(NCC2CCC(Cl)CC2)cc1. The second-order valence-corrected chi connectivity index (χ2v) is 8.58. The third-order valence-corrected chi connectivity index (χ3v) is 6.27. The highest BCUT2D eigenvalue weighted by molar-refractivity contribution is 7.89. The first-order valence-corrected chi connectivity index (χ1v) is 9.18. The third-order valence-electron chi connectivity index (χ3n) is 4.00. The first-order chi connectivity index (χ1) is 9.89. The molecule has 0 spiro atoms. The Balaban J connectivity index is 1.91. The zero-order chi connectivity index (χ0) is 15.5. The summed E-state index contributed by atoms with van der Waals surface area (Å²) in [4.78, 5) is 0.320. The Morgan fingerprint density at radius 2 is 1.71 bits per heavy atom. The van der Waals surface area contributed by atoms with Crippen molar-refractivity contribution in [1.82, 2.24) is 4.31 Å². The molecule has 1 fully saturated rings. The predicted octanol–water partition coefficient (Wildman–Crippen LogP) is 3.15. The summed E-state index contributed by atoms with van der Waals surface area (Å²) in [7, 11) is -0.271. The number of nitrogens with zero attached hydrogens (tertiary/aromatic N) is 1. The smallest absolute Gasteiger partial charge is 0.242 e. The molecule has 1 saturated carbocycles. The monoisotopic (exact) mass is 330 g/mol. The molecule has 1 N–H and O–H groups in total. The number of hydrogen-bond donors (Lipinski definition) is 1. The lowest BCUT2D eigenvalue weighted by Crippen LogP contribution is -2.22. The Hall–Kier alpha value is -0.780. The fourth-order valence-electron chi connectivity index (χ4n) is 2.54. The second kappa shape index (κ2) is 6.99. The van der Waals surface area contributed by atoms with Crippen LogP contribution in [0.1, 0.15) is 25.7 Å². The molecule has 0 heterocycles. The summed E-state index contributed by atoms with van der Waals surface area (Å²) in [6.07, 6.45) is 4.50. The molecular weight excluding hydrogens is 308 g/mol. The van der Waals surface area contributed by atoms with E-state index in [4.69, 9.17) is 11.6 Å². The van der Waals surface area contributed by atoms with Crippen molar-refractivity contribution in [2.24, 2.45) is 5.92 Å². The van der Waals surface area contributed by atoms with Crippen molar-refractivity contribution in [3.63, 3.8) is 0 Å². The number of anilines is 1. The average Bonchev–Trinajstić information content (AvgIpc) is 2.47. The standard InChI is InChI=1S/C15H23ClN2O2S/c1-18(2)21(19,20)15-9-7-14(8-10-15)17-11-12-3-5-13(16)6-4-12/h7-10,12-13,17H,3-6,11H2,1-2H3. The van der Waals surface area contributed by atoms with Gasteiger partial charge in [0.2, 0.25) is 10.0 Å². The molecule has 0 unspecified atom stereocenters. The van der Waals surface area contributed by atoms with E-state index in [0.717, 1.165) is 37.9 Å². The number of sulfonamides is 1. The minimum absolute atomic E-state index is 0.320. The van der Waals surface area contributed by atoms with E-state index in [1.54, 1.807) is 12.1 Å². The third kappa shape index (κ3) is 4.34. The molecule has 1 aromatic carbocycles. The molecular formula is C15H23ClN2O2S. The normalized spacial score (nSPS) is 23.2. The van der Waals surface area contributed by atoms with Crippen LogP contribution in [0.3, 0.4) is 0 Å². The topological polar surface area (TPSA) is 49.4 Å². The van der Waals surface area contributed by atoms with Crippen molar-refractivity contribution in [3.8, 4) is 0 Å². The van der Waals surface area contributed by atoms with Gasteiger partial charge in [-0.1, -0.05) is 0 Å². The highest BCUT2D eigenvalue weighted by atomic mass is 35.5. The number of nitrogens with one attached hydrogen (secondary N) is 1. The molecule has 1 aromatic rings. The van der Waals surface area contributed by atoms with Crippen LogP contribution >= 0.6 is 11.6 Å². The molecule has 0 bridgehead atoms. The van der Waals surface area contributed by atoms with Crippen molar-refractivity contribution in [1.29, 1.82) is 0 Å². The quantitative estimate of drug-likeness (QED) is 0.844.